The number of nitrogens with zero attached hydrogens (tertiary/aromatic N) is 2. The van der Waals surface area contributed by atoms with Gasteiger partial charge in [0, 0.05) is 24.9 Å². The fraction of sp³-hybridized carbons (Fsp3) is 0.286. The van der Waals surface area contributed by atoms with Gasteiger partial charge in [-0.1, -0.05) is 30.4 Å². The summed E-state index contributed by atoms with van der Waals surface area (Å²) in [6, 6.07) is 12.3. The summed E-state index contributed by atoms with van der Waals surface area (Å²) >= 11 is 4.92. The zero-order chi connectivity index (χ0) is 13.0. The number of para-hydroxylation sites is 1. The van der Waals surface area contributed by atoms with E-state index in [0.717, 1.165) is 36.2 Å². The van der Waals surface area contributed by atoms with Crippen LogP contribution in [0.1, 0.15) is 13.3 Å². The van der Waals surface area contributed by atoms with Crippen LogP contribution in [-0.2, 0) is 0 Å². The predicted octanol–water partition coefficient (Wildman–Crippen LogP) is 2.74. The second-order valence-electron chi connectivity index (χ2n) is 4.16. The van der Waals surface area contributed by atoms with E-state index < -0.39 is 0 Å². The van der Waals surface area contributed by atoms with Gasteiger partial charge < -0.3 is 10.6 Å². The number of rotatable bonds is 5. The Hall–Kier alpha value is -1.68. The van der Waals surface area contributed by atoms with Gasteiger partial charge in [-0.25, -0.2) is 4.98 Å². The number of hydrogen-bond donors (Lipinski definition) is 1. The minimum absolute atomic E-state index is 0.550. The number of benzene rings is 1. The molecule has 94 valence electrons. The molecule has 0 radical (unpaired) electrons. The zero-order valence-corrected chi connectivity index (χ0v) is 11.3. The fourth-order valence-corrected chi connectivity index (χ4v) is 2.00. The Morgan fingerprint density at radius 2 is 2.06 bits per heavy atom. The van der Waals surface area contributed by atoms with Crippen LogP contribution in [0.25, 0.3) is 10.9 Å². The van der Waals surface area contributed by atoms with Crippen LogP contribution in [0.2, 0.25) is 0 Å². The second kappa shape index (κ2) is 5.78. The Morgan fingerprint density at radius 3 is 2.78 bits per heavy atom. The molecule has 0 aliphatic heterocycles. The molecule has 0 atom stereocenters. The van der Waals surface area contributed by atoms with Crippen LogP contribution in [0.4, 0.5) is 5.82 Å². The second-order valence-corrected chi connectivity index (χ2v) is 4.68. The maximum atomic E-state index is 5.55. The summed E-state index contributed by atoms with van der Waals surface area (Å²) in [6.07, 6.45) is 0.720. The van der Waals surface area contributed by atoms with Crippen LogP contribution in [0.15, 0.2) is 36.4 Å². The minimum atomic E-state index is 0.550. The van der Waals surface area contributed by atoms with E-state index in [0.29, 0.717) is 4.99 Å². The van der Waals surface area contributed by atoms with E-state index >= 15 is 0 Å². The molecule has 0 fully saturated rings. The lowest BCUT2D eigenvalue weighted by molar-refractivity contribution is 0.823. The summed E-state index contributed by atoms with van der Waals surface area (Å²) in [5.41, 5.74) is 6.57. The molecule has 2 aromatic rings. The summed E-state index contributed by atoms with van der Waals surface area (Å²) in [5.74, 6) is 0.979. The summed E-state index contributed by atoms with van der Waals surface area (Å²) in [7, 11) is 0. The molecule has 0 amide bonds. The molecule has 0 aliphatic carbocycles. The third-order valence-corrected chi connectivity index (χ3v) is 3.12. The Labute approximate surface area is 113 Å². The molecular weight excluding hydrogens is 242 g/mol. The van der Waals surface area contributed by atoms with E-state index in [2.05, 4.69) is 28.9 Å². The zero-order valence-electron chi connectivity index (χ0n) is 10.5. The van der Waals surface area contributed by atoms with Gasteiger partial charge in [0.05, 0.1) is 10.5 Å². The molecule has 1 aromatic carbocycles. The van der Waals surface area contributed by atoms with Gasteiger partial charge in [0.1, 0.15) is 5.82 Å². The van der Waals surface area contributed by atoms with E-state index in [1.54, 1.807) is 0 Å². The van der Waals surface area contributed by atoms with Crippen LogP contribution in [0, 0.1) is 0 Å². The van der Waals surface area contributed by atoms with E-state index in [1.165, 1.54) is 0 Å². The Bertz CT molecular complexity index is 553. The van der Waals surface area contributed by atoms with Gasteiger partial charge in [0.2, 0.25) is 0 Å². The van der Waals surface area contributed by atoms with Crippen molar-refractivity contribution in [1.29, 1.82) is 0 Å². The number of hydrogen-bond acceptors (Lipinski definition) is 3. The number of thiocarbonyl (C=S) groups is 1. The number of pyridine rings is 1. The number of aromatic nitrogens is 1. The largest absolute Gasteiger partial charge is 0.393 e. The maximum absolute atomic E-state index is 5.55. The molecular formula is C14H17N3S. The van der Waals surface area contributed by atoms with E-state index in [4.69, 9.17) is 18.0 Å². The first-order valence-corrected chi connectivity index (χ1v) is 6.50. The average Bonchev–Trinajstić information content (AvgIpc) is 2.39. The van der Waals surface area contributed by atoms with Crippen molar-refractivity contribution in [3.63, 3.8) is 0 Å². The Balaban J connectivity index is 2.24. The molecule has 0 spiro atoms. The smallest absolute Gasteiger partial charge is 0.129 e. The van der Waals surface area contributed by atoms with Crippen molar-refractivity contribution < 1.29 is 0 Å². The van der Waals surface area contributed by atoms with Gasteiger partial charge in [0.15, 0.2) is 0 Å². The van der Waals surface area contributed by atoms with Crippen molar-refractivity contribution in [2.24, 2.45) is 5.73 Å². The van der Waals surface area contributed by atoms with Crippen LogP contribution in [-0.4, -0.2) is 23.1 Å². The topological polar surface area (TPSA) is 42.1 Å². The van der Waals surface area contributed by atoms with Gasteiger partial charge in [-0.05, 0) is 25.1 Å². The normalized spacial score (nSPS) is 10.5. The van der Waals surface area contributed by atoms with Crippen LogP contribution >= 0.6 is 12.2 Å². The van der Waals surface area contributed by atoms with Gasteiger partial charge in [-0.3, -0.25) is 0 Å². The highest BCUT2D eigenvalue weighted by Gasteiger charge is 2.06. The summed E-state index contributed by atoms with van der Waals surface area (Å²) in [4.78, 5) is 7.40. The van der Waals surface area contributed by atoms with Crippen molar-refractivity contribution in [3.05, 3.63) is 36.4 Å². The lowest BCUT2D eigenvalue weighted by Gasteiger charge is -2.21. The molecule has 1 heterocycles. The lowest BCUT2D eigenvalue weighted by atomic mass is 10.2. The molecule has 0 unspecified atom stereocenters. The molecule has 3 nitrogen and oxygen atoms in total. The molecule has 0 aliphatic rings. The molecule has 18 heavy (non-hydrogen) atoms. The number of nitrogens with two attached hydrogens (primary N) is 1. The molecule has 0 bridgehead atoms. The lowest BCUT2D eigenvalue weighted by Crippen LogP contribution is -2.27. The minimum Gasteiger partial charge on any atom is -0.393 e. The Kier molecular flexibility index (Phi) is 4.10. The SMILES string of the molecule is CCN(CCC(N)=S)c1ccc2ccccc2n1. The van der Waals surface area contributed by atoms with Gasteiger partial charge in [-0.15, -0.1) is 0 Å². The first-order valence-electron chi connectivity index (χ1n) is 6.09. The van der Waals surface area contributed by atoms with Crippen molar-refractivity contribution >= 4 is 33.9 Å². The molecule has 4 heteroatoms. The number of anilines is 1. The van der Waals surface area contributed by atoms with Gasteiger partial charge in [-0.2, -0.15) is 0 Å². The fourth-order valence-electron chi connectivity index (χ4n) is 1.91. The van der Waals surface area contributed by atoms with Crippen molar-refractivity contribution in [1.82, 2.24) is 4.98 Å². The van der Waals surface area contributed by atoms with Gasteiger partial charge in [0.25, 0.3) is 0 Å². The molecule has 2 N–H and O–H groups in total. The third-order valence-electron chi connectivity index (χ3n) is 2.92. The first kappa shape index (κ1) is 12.8. The molecule has 0 saturated carbocycles. The van der Waals surface area contributed by atoms with E-state index in [-0.39, 0.29) is 0 Å². The highest BCUT2D eigenvalue weighted by molar-refractivity contribution is 7.80. The summed E-state index contributed by atoms with van der Waals surface area (Å²) in [5, 5.41) is 1.16. The summed E-state index contributed by atoms with van der Waals surface area (Å²) in [6.45, 7) is 3.82. The molecule has 1 aromatic heterocycles. The Morgan fingerprint density at radius 1 is 1.28 bits per heavy atom. The van der Waals surface area contributed by atoms with E-state index in [1.807, 2.05) is 24.3 Å². The standard InChI is InChI=1S/C14H17N3S/c1-2-17(10-9-13(15)18)14-8-7-11-5-3-4-6-12(11)16-14/h3-8H,2,9-10H2,1H3,(H2,15,18). The molecule has 2 rings (SSSR count). The summed E-state index contributed by atoms with van der Waals surface area (Å²) < 4.78 is 0. The first-order chi connectivity index (χ1) is 8.70. The van der Waals surface area contributed by atoms with Crippen LogP contribution in [0.5, 0.6) is 0 Å². The van der Waals surface area contributed by atoms with Crippen LogP contribution < -0.4 is 10.6 Å². The van der Waals surface area contributed by atoms with Crippen molar-refractivity contribution in [3.8, 4) is 0 Å². The van der Waals surface area contributed by atoms with E-state index in [9.17, 15) is 0 Å². The van der Waals surface area contributed by atoms with Crippen LogP contribution in [0.3, 0.4) is 0 Å². The highest BCUT2D eigenvalue weighted by Crippen LogP contribution is 2.17. The average molecular weight is 259 g/mol. The number of fused-ring (bicyclic) bond motifs is 1. The molecule has 0 saturated heterocycles. The monoisotopic (exact) mass is 259 g/mol. The van der Waals surface area contributed by atoms with Crippen molar-refractivity contribution in [2.45, 2.75) is 13.3 Å². The van der Waals surface area contributed by atoms with Gasteiger partial charge >= 0.3 is 0 Å². The van der Waals surface area contributed by atoms with Crippen molar-refractivity contribution in [2.75, 3.05) is 18.0 Å². The quantitative estimate of drug-likeness (QED) is 0.838. The predicted molar refractivity (Wildman–Crippen MR) is 81.0 cm³/mol. The maximum Gasteiger partial charge on any atom is 0.129 e. The third kappa shape index (κ3) is 2.96. The highest BCUT2D eigenvalue weighted by atomic mass is 32.1.